The van der Waals surface area contributed by atoms with Crippen molar-refractivity contribution in [1.82, 2.24) is 9.55 Å². The van der Waals surface area contributed by atoms with Gasteiger partial charge in [-0.25, -0.2) is 4.98 Å². The van der Waals surface area contributed by atoms with E-state index >= 15 is 0 Å². The largest absolute Gasteiger partial charge is 0.494 e. The van der Waals surface area contributed by atoms with Gasteiger partial charge in [0.2, 0.25) is 0 Å². The summed E-state index contributed by atoms with van der Waals surface area (Å²) in [4.78, 5) is 16.4. The Morgan fingerprint density at radius 3 is 3.00 bits per heavy atom. The Morgan fingerprint density at radius 1 is 1.43 bits per heavy atom. The molecule has 0 atom stereocenters. The zero-order chi connectivity index (χ0) is 14.8. The number of carbonyl (C=O) groups is 1. The van der Waals surface area contributed by atoms with Crippen LogP contribution in [0.2, 0.25) is 0 Å². The summed E-state index contributed by atoms with van der Waals surface area (Å²) in [5, 5.41) is 6.20. The molecule has 2 heterocycles. The highest BCUT2D eigenvalue weighted by molar-refractivity contribution is 7.13. The van der Waals surface area contributed by atoms with Gasteiger partial charge in [0.25, 0.3) is 5.91 Å². The summed E-state index contributed by atoms with van der Waals surface area (Å²) in [5.41, 5.74) is 1.58. The zero-order valence-corrected chi connectivity index (χ0v) is 12.6. The van der Waals surface area contributed by atoms with Crippen molar-refractivity contribution in [2.75, 3.05) is 11.9 Å². The van der Waals surface area contributed by atoms with Gasteiger partial charge in [-0.05, 0) is 31.2 Å². The highest BCUT2D eigenvalue weighted by Crippen LogP contribution is 2.24. The van der Waals surface area contributed by atoms with Crippen LogP contribution in [0.25, 0.3) is 10.9 Å². The molecule has 21 heavy (non-hydrogen) atoms. The number of hydrogen-bond acceptors (Lipinski definition) is 4. The van der Waals surface area contributed by atoms with Crippen molar-refractivity contribution in [3.8, 4) is 5.75 Å². The summed E-state index contributed by atoms with van der Waals surface area (Å²) in [6.07, 6.45) is 1.66. The molecule has 2 aromatic heterocycles. The second-order valence-electron chi connectivity index (χ2n) is 4.53. The summed E-state index contributed by atoms with van der Waals surface area (Å²) in [5.74, 6) is 0.643. The van der Waals surface area contributed by atoms with Crippen molar-refractivity contribution in [1.29, 1.82) is 0 Å². The molecular weight excluding hydrogens is 286 g/mol. The topological polar surface area (TPSA) is 56.1 Å². The normalized spacial score (nSPS) is 10.8. The zero-order valence-electron chi connectivity index (χ0n) is 11.8. The van der Waals surface area contributed by atoms with E-state index in [1.54, 1.807) is 6.20 Å². The predicted molar refractivity (Wildman–Crippen MR) is 84.2 cm³/mol. The molecule has 0 aliphatic rings. The van der Waals surface area contributed by atoms with E-state index in [9.17, 15) is 4.79 Å². The molecule has 0 unspecified atom stereocenters. The Morgan fingerprint density at radius 2 is 2.29 bits per heavy atom. The summed E-state index contributed by atoms with van der Waals surface area (Å²) in [6, 6.07) is 7.68. The van der Waals surface area contributed by atoms with Gasteiger partial charge in [0, 0.05) is 29.5 Å². The molecule has 3 aromatic rings. The van der Waals surface area contributed by atoms with E-state index in [4.69, 9.17) is 4.74 Å². The molecule has 1 aromatic carbocycles. The predicted octanol–water partition coefficient (Wildman–Crippen LogP) is 3.29. The fourth-order valence-electron chi connectivity index (χ4n) is 2.25. The molecule has 1 N–H and O–H groups in total. The van der Waals surface area contributed by atoms with Crippen LogP contribution in [0.1, 0.15) is 17.4 Å². The number of thiazole rings is 1. The Labute approximate surface area is 126 Å². The lowest BCUT2D eigenvalue weighted by Crippen LogP contribution is -2.15. The highest BCUT2D eigenvalue weighted by atomic mass is 32.1. The highest BCUT2D eigenvalue weighted by Gasteiger charge is 2.14. The third kappa shape index (κ3) is 2.62. The van der Waals surface area contributed by atoms with Crippen molar-refractivity contribution in [3.05, 3.63) is 41.5 Å². The van der Waals surface area contributed by atoms with E-state index < -0.39 is 0 Å². The minimum atomic E-state index is -0.165. The average Bonchev–Trinajstić information content (AvgIpc) is 3.07. The molecule has 0 saturated heterocycles. The molecule has 0 spiro atoms. The number of nitrogens with zero attached hydrogens (tertiary/aromatic N) is 2. The number of benzene rings is 1. The van der Waals surface area contributed by atoms with Crippen molar-refractivity contribution in [2.45, 2.75) is 6.92 Å². The first kappa shape index (κ1) is 13.6. The van der Waals surface area contributed by atoms with Gasteiger partial charge < -0.3 is 9.30 Å². The van der Waals surface area contributed by atoms with Crippen LogP contribution in [0, 0.1) is 0 Å². The van der Waals surface area contributed by atoms with Crippen LogP contribution in [-0.2, 0) is 7.05 Å². The van der Waals surface area contributed by atoms with Gasteiger partial charge in [-0.1, -0.05) is 0 Å². The van der Waals surface area contributed by atoms with Crippen LogP contribution in [-0.4, -0.2) is 22.1 Å². The maximum Gasteiger partial charge on any atom is 0.274 e. The Bertz CT molecular complexity index is 778. The lowest BCUT2D eigenvalue weighted by atomic mass is 10.2. The molecule has 1 amide bonds. The summed E-state index contributed by atoms with van der Waals surface area (Å²) in [7, 11) is 1.87. The molecule has 3 rings (SSSR count). The minimum Gasteiger partial charge on any atom is -0.494 e. The minimum absolute atomic E-state index is 0.165. The third-order valence-corrected chi connectivity index (χ3v) is 3.90. The maximum atomic E-state index is 12.3. The second-order valence-corrected chi connectivity index (χ2v) is 5.43. The van der Waals surface area contributed by atoms with Gasteiger partial charge >= 0.3 is 0 Å². The molecule has 0 aliphatic carbocycles. The first-order valence-electron chi connectivity index (χ1n) is 6.62. The van der Waals surface area contributed by atoms with Crippen LogP contribution in [0.3, 0.4) is 0 Å². The quantitative estimate of drug-likeness (QED) is 0.804. The van der Waals surface area contributed by atoms with E-state index in [0.717, 1.165) is 16.7 Å². The number of aryl methyl sites for hydroxylation is 1. The van der Waals surface area contributed by atoms with E-state index in [0.29, 0.717) is 17.4 Å². The van der Waals surface area contributed by atoms with Gasteiger partial charge in [-0.15, -0.1) is 11.3 Å². The Hall–Kier alpha value is -2.34. The van der Waals surface area contributed by atoms with E-state index in [1.807, 2.05) is 48.2 Å². The number of rotatable bonds is 4. The lowest BCUT2D eigenvalue weighted by Gasteiger charge is -2.04. The van der Waals surface area contributed by atoms with Crippen molar-refractivity contribution in [3.63, 3.8) is 0 Å². The number of hydrogen-bond donors (Lipinski definition) is 1. The van der Waals surface area contributed by atoms with Crippen molar-refractivity contribution < 1.29 is 9.53 Å². The Kier molecular flexibility index (Phi) is 3.62. The second kappa shape index (κ2) is 5.57. The number of carbonyl (C=O) groups excluding carboxylic acids is 1. The standard InChI is InChI=1S/C15H15N3O2S/c1-3-20-11-4-5-12-10(8-11)9-13(18(12)2)14(19)17-15-16-6-7-21-15/h4-9H,3H2,1-2H3,(H,16,17,19). The van der Waals surface area contributed by atoms with Crippen LogP contribution >= 0.6 is 11.3 Å². The number of aromatic nitrogens is 2. The number of ether oxygens (including phenoxy) is 1. The molecular formula is C15H15N3O2S. The SMILES string of the molecule is CCOc1ccc2c(c1)cc(C(=O)Nc1nccs1)n2C. The lowest BCUT2D eigenvalue weighted by molar-refractivity contribution is 0.101. The van der Waals surface area contributed by atoms with Gasteiger partial charge in [-0.3, -0.25) is 10.1 Å². The van der Waals surface area contributed by atoms with Gasteiger partial charge in [0.05, 0.1) is 6.61 Å². The van der Waals surface area contributed by atoms with Crippen LogP contribution in [0.4, 0.5) is 5.13 Å². The summed E-state index contributed by atoms with van der Waals surface area (Å²) in [6.45, 7) is 2.57. The number of fused-ring (bicyclic) bond motifs is 1. The first-order chi connectivity index (χ1) is 10.2. The van der Waals surface area contributed by atoms with Crippen LogP contribution in [0.15, 0.2) is 35.8 Å². The van der Waals surface area contributed by atoms with Crippen molar-refractivity contribution >= 4 is 33.3 Å². The van der Waals surface area contributed by atoms with Gasteiger partial charge in [0.15, 0.2) is 5.13 Å². The third-order valence-electron chi connectivity index (χ3n) is 3.21. The van der Waals surface area contributed by atoms with Gasteiger partial charge in [-0.2, -0.15) is 0 Å². The smallest absolute Gasteiger partial charge is 0.274 e. The number of nitrogens with one attached hydrogen (secondary N) is 1. The monoisotopic (exact) mass is 301 g/mol. The molecule has 0 aliphatic heterocycles. The molecule has 0 fully saturated rings. The average molecular weight is 301 g/mol. The van der Waals surface area contributed by atoms with Crippen molar-refractivity contribution in [2.24, 2.45) is 7.05 Å². The molecule has 6 heteroatoms. The fourth-order valence-corrected chi connectivity index (χ4v) is 2.77. The summed E-state index contributed by atoms with van der Waals surface area (Å²) >= 11 is 1.40. The molecule has 0 bridgehead atoms. The number of anilines is 1. The van der Waals surface area contributed by atoms with E-state index in [2.05, 4.69) is 10.3 Å². The molecule has 0 saturated carbocycles. The maximum absolute atomic E-state index is 12.3. The van der Waals surface area contributed by atoms with Crippen LogP contribution in [0.5, 0.6) is 5.75 Å². The number of amides is 1. The molecule has 108 valence electrons. The van der Waals surface area contributed by atoms with Gasteiger partial charge in [0.1, 0.15) is 11.4 Å². The fraction of sp³-hybridized carbons (Fsp3) is 0.200. The van der Waals surface area contributed by atoms with Crippen LogP contribution < -0.4 is 10.1 Å². The molecule has 5 nitrogen and oxygen atoms in total. The first-order valence-corrected chi connectivity index (χ1v) is 7.50. The van der Waals surface area contributed by atoms with E-state index in [1.165, 1.54) is 11.3 Å². The Balaban J connectivity index is 1.95. The summed E-state index contributed by atoms with van der Waals surface area (Å²) < 4.78 is 7.36. The molecule has 0 radical (unpaired) electrons. The van der Waals surface area contributed by atoms with E-state index in [-0.39, 0.29) is 5.91 Å².